The molecule has 0 aliphatic carbocycles. The van der Waals surface area contributed by atoms with Gasteiger partial charge in [-0.2, -0.15) is 0 Å². The molecule has 2 aromatic carbocycles. The molecule has 0 aromatic heterocycles. The third kappa shape index (κ3) is 3.14. The van der Waals surface area contributed by atoms with E-state index in [1.165, 1.54) is 0 Å². The van der Waals surface area contributed by atoms with E-state index >= 15 is 0 Å². The molecule has 1 nitrogen and oxygen atoms in total. The van der Waals surface area contributed by atoms with Crippen LogP contribution < -0.4 is 0 Å². The van der Waals surface area contributed by atoms with E-state index in [1.54, 1.807) is 0 Å². The van der Waals surface area contributed by atoms with Gasteiger partial charge in [-0.25, -0.2) is 0 Å². The summed E-state index contributed by atoms with van der Waals surface area (Å²) in [7, 11) is 0. The van der Waals surface area contributed by atoms with E-state index in [1.807, 2.05) is 49.4 Å². The van der Waals surface area contributed by atoms with Crippen molar-refractivity contribution in [2.45, 2.75) is 19.4 Å². The molecule has 0 amide bonds. The molecule has 0 fully saturated rings. The highest BCUT2D eigenvalue weighted by Gasteiger charge is 2.11. The van der Waals surface area contributed by atoms with Crippen molar-refractivity contribution in [2.75, 3.05) is 0 Å². The van der Waals surface area contributed by atoms with Crippen LogP contribution in [0.15, 0.2) is 46.9 Å². The number of halogens is 2. The average molecular weight is 326 g/mol. The van der Waals surface area contributed by atoms with Gasteiger partial charge in [0.25, 0.3) is 0 Å². The van der Waals surface area contributed by atoms with Crippen molar-refractivity contribution in [3.63, 3.8) is 0 Å². The zero-order valence-electron chi connectivity index (χ0n) is 10.0. The molecule has 0 spiro atoms. The second-order valence-corrected chi connectivity index (χ2v) is 5.58. The molecule has 2 rings (SSSR count). The van der Waals surface area contributed by atoms with Crippen molar-refractivity contribution < 1.29 is 5.11 Å². The summed E-state index contributed by atoms with van der Waals surface area (Å²) in [6.07, 6.45) is 0.0716. The molecule has 1 unspecified atom stereocenters. The summed E-state index contributed by atoms with van der Waals surface area (Å²) < 4.78 is 1.02. The lowest BCUT2D eigenvalue weighted by Crippen LogP contribution is -2.02. The number of hydrogen-bond donors (Lipinski definition) is 1. The van der Waals surface area contributed by atoms with Crippen LogP contribution in [0.3, 0.4) is 0 Å². The Morgan fingerprint density at radius 3 is 2.61 bits per heavy atom. The van der Waals surface area contributed by atoms with Crippen molar-refractivity contribution in [1.29, 1.82) is 0 Å². The summed E-state index contributed by atoms with van der Waals surface area (Å²) in [6, 6.07) is 13.6. The summed E-state index contributed by atoms with van der Waals surface area (Å²) >= 11 is 9.47. The fraction of sp³-hybridized carbons (Fsp3) is 0.200. The third-order valence-corrected chi connectivity index (χ3v) is 4.14. The third-order valence-electron chi connectivity index (χ3n) is 2.94. The zero-order valence-corrected chi connectivity index (χ0v) is 12.4. The highest BCUT2D eigenvalue weighted by Crippen LogP contribution is 2.26. The van der Waals surface area contributed by atoms with E-state index in [9.17, 15) is 5.11 Å². The lowest BCUT2D eigenvalue weighted by Gasteiger charge is -2.13. The van der Waals surface area contributed by atoms with E-state index in [4.69, 9.17) is 11.6 Å². The predicted octanol–water partition coefficient (Wildman–Crippen LogP) is 4.69. The summed E-state index contributed by atoms with van der Waals surface area (Å²) in [6.45, 7) is 1.94. The zero-order chi connectivity index (χ0) is 13.1. The van der Waals surface area contributed by atoms with Gasteiger partial charge in [0.2, 0.25) is 0 Å². The number of hydrogen-bond acceptors (Lipinski definition) is 1. The molecule has 1 N–H and O–H groups in total. The van der Waals surface area contributed by atoms with Crippen LogP contribution in [0, 0.1) is 6.92 Å². The van der Waals surface area contributed by atoms with Crippen LogP contribution in [0.4, 0.5) is 0 Å². The van der Waals surface area contributed by atoms with Gasteiger partial charge >= 0.3 is 0 Å². The SMILES string of the molecule is Cc1cc(C(O)Cc2ccccc2Br)ccc1Cl. The van der Waals surface area contributed by atoms with Crippen LogP contribution in [-0.4, -0.2) is 5.11 Å². The molecular weight excluding hydrogens is 312 g/mol. The maximum atomic E-state index is 10.2. The second kappa shape index (κ2) is 5.87. The van der Waals surface area contributed by atoms with Gasteiger partial charge in [-0.3, -0.25) is 0 Å². The molecule has 0 heterocycles. The molecule has 2 aromatic rings. The number of aryl methyl sites for hydroxylation is 1. The van der Waals surface area contributed by atoms with E-state index in [-0.39, 0.29) is 0 Å². The molecular formula is C15H14BrClO. The first-order chi connectivity index (χ1) is 8.58. The Morgan fingerprint density at radius 2 is 1.94 bits per heavy atom. The maximum absolute atomic E-state index is 10.2. The highest BCUT2D eigenvalue weighted by atomic mass is 79.9. The summed E-state index contributed by atoms with van der Waals surface area (Å²) in [5.41, 5.74) is 2.98. The summed E-state index contributed by atoms with van der Waals surface area (Å²) in [4.78, 5) is 0. The van der Waals surface area contributed by atoms with Gasteiger partial charge in [0.05, 0.1) is 6.10 Å². The molecule has 3 heteroatoms. The lowest BCUT2D eigenvalue weighted by atomic mass is 10.00. The van der Waals surface area contributed by atoms with Gasteiger partial charge in [0.15, 0.2) is 0 Å². The summed E-state index contributed by atoms with van der Waals surface area (Å²) in [5.74, 6) is 0. The topological polar surface area (TPSA) is 20.2 Å². The van der Waals surface area contributed by atoms with Gasteiger partial charge < -0.3 is 5.11 Å². The van der Waals surface area contributed by atoms with Gasteiger partial charge in [-0.1, -0.05) is 57.9 Å². The molecule has 0 radical (unpaired) electrons. The van der Waals surface area contributed by atoms with Crippen molar-refractivity contribution in [2.24, 2.45) is 0 Å². The van der Waals surface area contributed by atoms with E-state index < -0.39 is 6.10 Å². The molecule has 94 valence electrons. The normalized spacial score (nSPS) is 12.4. The Bertz CT molecular complexity index is 554. The monoisotopic (exact) mass is 324 g/mol. The number of rotatable bonds is 3. The van der Waals surface area contributed by atoms with Crippen LogP contribution in [0.25, 0.3) is 0 Å². The molecule has 0 saturated heterocycles. The van der Waals surface area contributed by atoms with Crippen LogP contribution in [0.5, 0.6) is 0 Å². The van der Waals surface area contributed by atoms with Gasteiger partial charge in [0.1, 0.15) is 0 Å². The minimum Gasteiger partial charge on any atom is -0.388 e. The molecule has 0 bridgehead atoms. The van der Waals surface area contributed by atoms with Gasteiger partial charge in [-0.15, -0.1) is 0 Å². The smallest absolute Gasteiger partial charge is 0.0830 e. The van der Waals surface area contributed by atoms with Crippen molar-refractivity contribution >= 4 is 27.5 Å². The molecule has 18 heavy (non-hydrogen) atoms. The number of aliphatic hydroxyl groups excluding tert-OH is 1. The van der Waals surface area contributed by atoms with Crippen LogP contribution in [0.2, 0.25) is 5.02 Å². The van der Waals surface area contributed by atoms with E-state index in [2.05, 4.69) is 15.9 Å². The Labute approximate surface area is 121 Å². The van der Waals surface area contributed by atoms with Gasteiger partial charge in [0, 0.05) is 15.9 Å². The molecule has 0 aliphatic rings. The fourth-order valence-corrected chi connectivity index (χ4v) is 2.43. The van der Waals surface area contributed by atoms with E-state index in [0.29, 0.717) is 6.42 Å². The average Bonchev–Trinajstić information content (AvgIpc) is 2.35. The molecule has 1 atom stereocenters. The van der Waals surface area contributed by atoms with E-state index in [0.717, 1.165) is 26.2 Å². The summed E-state index contributed by atoms with van der Waals surface area (Å²) in [5, 5.41) is 11.0. The highest BCUT2D eigenvalue weighted by molar-refractivity contribution is 9.10. The number of benzene rings is 2. The maximum Gasteiger partial charge on any atom is 0.0830 e. The van der Waals surface area contributed by atoms with Crippen molar-refractivity contribution in [3.8, 4) is 0 Å². The molecule has 0 aliphatic heterocycles. The van der Waals surface area contributed by atoms with Crippen LogP contribution in [-0.2, 0) is 6.42 Å². The Balaban J connectivity index is 2.19. The first-order valence-corrected chi connectivity index (χ1v) is 6.92. The van der Waals surface area contributed by atoms with Crippen LogP contribution >= 0.6 is 27.5 Å². The van der Waals surface area contributed by atoms with Crippen molar-refractivity contribution in [1.82, 2.24) is 0 Å². The Hall–Kier alpha value is -0.830. The van der Waals surface area contributed by atoms with Crippen molar-refractivity contribution in [3.05, 3.63) is 68.7 Å². The molecule has 0 saturated carbocycles. The predicted molar refractivity (Wildman–Crippen MR) is 79.0 cm³/mol. The minimum absolute atomic E-state index is 0.514. The van der Waals surface area contributed by atoms with Crippen LogP contribution in [0.1, 0.15) is 22.8 Å². The lowest BCUT2D eigenvalue weighted by molar-refractivity contribution is 0.178. The minimum atomic E-state index is -0.514. The Morgan fingerprint density at radius 1 is 1.22 bits per heavy atom. The largest absolute Gasteiger partial charge is 0.388 e. The number of aliphatic hydroxyl groups is 1. The second-order valence-electron chi connectivity index (χ2n) is 4.32. The first-order valence-electron chi connectivity index (χ1n) is 5.75. The Kier molecular flexibility index (Phi) is 4.44. The standard InChI is InChI=1S/C15H14BrClO/c1-10-8-12(6-7-14(10)17)15(18)9-11-4-2-3-5-13(11)16/h2-8,15,18H,9H2,1H3. The fourth-order valence-electron chi connectivity index (χ4n) is 1.87. The first kappa shape index (κ1) is 13.6. The van der Waals surface area contributed by atoms with Gasteiger partial charge in [-0.05, 0) is 35.7 Å². The quantitative estimate of drug-likeness (QED) is 0.868.